The van der Waals surface area contributed by atoms with Gasteiger partial charge < -0.3 is 105 Å². The number of thiol groups is 2. The van der Waals surface area contributed by atoms with E-state index in [2.05, 4.69) is 109 Å². The Labute approximate surface area is 641 Å². The second-order valence-electron chi connectivity index (χ2n) is 26.0. The highest BCUT2D eigenvalue weighted by molar-refractivity contribution is 7.80. The van der Waals surface area contributed by atoms with Crippen molar-refractivity contribution in [2.24, 2.45) is 5.73 Å². The van der Waals surface area contributed by atoms with E-state index in [1.807, 2.05) is 0 Å². The van der Waals surface area contributed by atoms with Crippen LogP contribution in [0.25, 0.3) is 21.8 Å². The zero-order valence-corrected chi connectivity index (χ0v) is 62.0. The molecule has 0 bridgehead atoms. The number of amides is 12. The molecule has 4 aromatic carbocycles. The third kappa shape index (κ3) is 26.0. The lowest BCUT2D eigenvalue weighted by atomic mass is 10.0. The van der Waals surface area contributed by atoms with E-state index in [9.17, 15) is 78.0 Å². The van der Waals surface area contributed by atoms with Crippen LogP contribution < -0.4 is 69.5 Å². The maximum atomic E-state index is 15.2. The number of H-pyrrole nitrogens is 3. The largest absolute Gasteiger partial charge is 0.508 e. The highest BCUT2D eigenvalue weighted by atomic mass is 32.1. The second kappa shape index (κ2) is 42.1. The predicted octanol–water partition coefficient (Wildman–Crippen LogP) is -1.99. The first kappa shape index (κ1) is 85.4. The molecule has 35 nitrogen and oxygen atoms in total. The Hall–Kier alpha value is -11.8. The number of aromatic amines is 3. The number of aliphatic carboxylic acids is 2. The van der Waals surface area contributed by atoms with Gasteiger partial charge >= 0.3 is 11.9 Å². The van der Waals surface area contributed by atoms with E-state index in [0.29, 0.717) is 50.5 Å². The van der Waals surface area contributed by atoms with Crippen LogP contribution in [0.4, 0.5) is 0 Å². The number of imidazole rings is 1. The van der Waals surface area contributed by atoms with Crippen LogP contribution in [-0.2, 0) is 99.2 Å². The molecule has 0 aliphatic carbocycles. The van der Waals surface area contributed by atoms with Crippen molar-refractivity contribution in [1.82, 2.24) is 83.7 Å². The smallest absolute Gasteiger partial charge is 0.322 e. The van der Waals surface area contributed by atoms with E-state index in [-0.39, 0.29) is 68.7 Å². The van der Waals surface area contributed by atoms with Gasteiger partial charge in [-0.05, 0) is 86.2 Å². The fourth-order valence-electron chi connectivity index (χ4n) is 11.7. The van der Waals surface area contributed by atoms with E-state index in [1.54, 1.807) is 91.3 Å². The van der Waals surface area contributed by atoms with E-state index in [0.717, 1.165) is 6.92 Å². The van der Waals surface area contributed by atoms with E-state index >= 15 is 9.59 Å². The van der Waals surface area contributed by atoms with Gasteiger partial charge in [0.15, 0.2) is 0 Å². The minimum atomic E-state index is -1.87. The van der Waals surface area contributed by atoms with Gasteiger partial charge in [0.05, 0.1) is 18.9 Å². The SMILES string of the molecule is CC(=O)N[C@@H](CS)C(=O)N[C@@H](C)C(=O)N[C@@H](CC(=O)O)C(=O)N[C@@H](Cc1c[nH]c2ccccc12)C(=O)N[C@@H](CCCCN)C(=O)N[C@@H](CS)C(=O)N[C@@H](Cc1ccc(O)cc1)C(=O)N[C@@H](Cc1c[nH]c2ccccc12)C(=O)N[C@@H](Cc1cnc[nH]1)C(=O)N[C@H](C(=O)N[C@@H](Cc1ccccc1)C(=O)NCC(=O)O)[C@@H](C)O. The van der Waals surface area contributed by atoms with Crippen LogP contribution in [0, 0.1) is 0 Å². The minimum Gasteiger partial charge on any atom is -0.508 e. The lowest BCUT2D eigenvalue weighted by molar-refractivity contribution is -0.141. The van der Waals surface area contributed by atoms with Crippen molar-refractivity contribution < 1.29 is 87.5 Å². The molecule has 110 heavy (non-hydrogen) atoms. The van der Waals surface area contributed by atoms with Crippen molar-refractivity contribution in [3.63, 3.8) is 0 Å². The van der Waals surface area contributed by atoms with Crippen molar-refractivity contribution in [3.8, 4) is 5.75 Å². The molecular weight excluding hydrogens is 1470 g/mol. The molecule has 0 saturated heterocycles. The van der Waals surface area contributed by atoms with Gasteiger partial charge in [0.1, 0.15) is 78.8 Å². The topological polar surface area (TPSA) is 551 Å². The summed E-state index contributed by atoms with van der Waals surface area (Å²) in [5.74, 6) is -15.3. The number of aliphatic hydroxyl groups excluding tert-OH is 1. The summed E-state index contributed by atoms with van der Waals surface area (Å²) in [4.78, 5) is 206. The minimum absolute atomic E-state index is 0.124. The first-order chi connectivity index (χ1) is 52.5. The Morgan fingerprint density at radius 2 is 0.891 bits per heavy atom. The van der Waals surface area contributed by atoms with Crippen molar-refractivity contribution >= 4 is 130 Å². The van der Waals surface area contributed by atoms with Gasteiger partial charge in [-0.1, -0.05) is 78.9 Å². The average molecular weight is 1560 g/mol. The van der Waals surface area contributed by atoms with Gasteiger partial charge in [0.2, 0.25) is 70.9 Å². The summed E-state index contributed by atoms with van der Waals surface area (Å²) in [6.45, 7) is 2.93. The van der Waals surface area contributed by atoms with Crippen LogP contribution in [-0.4, -0.2) is 220 Å². The molecule has 0 radical (unpaired) electrons. The van der Waals surface area contributed by atoms with E-state index in [4.69, 9.17) is 5.73 Å². The number of carboxylic acids is 2. The number of phenols is 1. The molecule has 7 rings (SSSR count). The Bertz CT molecular complexity index is 4370. The first-order valence-electron chi connectivity index (χ1n) is 35.1. The predicted molar refractivity (Wildman–Crippen MR) is 406 cm³/mol. The Morgan fingerprint density at radius 1 is 0.455 bits per heavy atom. The molecule has 7 aromatic rings. The van der Waals surface area contributed by atoms with Crippen LogP contribution >= 0.6 is 25.3 Å². The molecule has 0 spiro atoms. The molecule has 12 atom stereocenters. The molecule has 3 heterocycles. The number of hydrogen-bond acceptors (Lipinski definition) is 20. The highest BCUT2D eigenvalue weighted by Gasteiger charge is 2.38. The summed E-state index contributed by atoms with van der Waals surface area (Å²) in [6, 6.07) is 10.6. The van der Waals surface area contributed by atoms with Crippen LogP contribution in [0.5, 0.6) is 5.75 Å². The van der Waals surface area contributed by atoms with Crippen LogP contribution in [0.3, 0.4) is 0 Å². The molecule has 37 heteroatoms. The summed E-state index contributed by atoms with van der Waals surface area (Å²) in [7, 11) is 0. The van der Waals surface area contributed by atoms with Crippen molar-refractivity contribution in [3.05, 3.63) is 156 Å². The van der Waals surface area contributed by atoms with Crippen LogP contribution in [0.2, 0.25) is 0 Å². The summed E-state index contributed by atoms with van der Waals surface area (Å²) in [5, 5.41) is 72.0. The number of nitrogens with one attached hydrogen (secondary N) is 15. The lowest BCUT2D eigenvalue weighted by Crippen LogP contribution is -2.62. The van der Waals surface area contributed by atoms with Gasteiger partial charge in [-0.2, -0.15) is 25.3 Å². The van der Waals surface area contributed by atoms with Crippen molar-refractivity contribution in [2.45, 2.75) is 151 Å². The van der Waals surface area contributed by atoms with Crippen molar-refractivity contribution in [2.75, 3.05) is 24.6 Å². The maximum Gasteiger partial charge on any atom is 0.322 e. The van der Waals surface area contributed by atoms with E-state index < -0.39 is 174 Å². The number of carbonyl (C=O) groups excluding carboxylic acids is 12. The number of nitrogens with two attached hydrogens (primary N) is 1. The molecule has 3 aromatic heterocycles. The normalized spacial score (nSPS) is 14.4. The number of aromatic nitrogens is 4. The molecule has 0 unspecified atom stereocenters. The Balaban J connectivity index is 1.15. The zero-order chi connectivity index (χ0) is 80.1. The first-order valence-corrected chi connectivity index (χ1v) is 36.3. The van der Waals surface area contributed by atoms with E-state index in [1.165, 1.54) is 50.6 Å². The third-order valence-corrected chi connectivity index (χ3v) is 18.2. The quantitative estimate of drug-likeness (QED) is 0.0145. The maximum absolute atomic E-state index is 15.2. The molecule has 0 fully saturated rings. The van der Waals surface area contributed by atoms with Gasteiger partial charge in [-0.25, -0.2) is 4.98 Å². The third-order valence-electron chi connectivity index (χ3n) is 17.5. The number of nitrogens with zero attached hydrogens (tertiary/aromatic N) is 1. The Morgan fingerprint density at radius 3 is 1.40 bits per heavy atom. The number of rotatable bonds is 43. The molecule has 21 N–H and O–H groups in total. The standard InChI is InChI=1S/C73H91N17O18S2/c1-38(80-71(106)58(35-109)81-40(3)92)63(98)83-57(30-60(94)95)69(104)86-54(27-43-31-76-49-17-9-7-15-47(43)49)67(102)82-51(19-11-12-24-74)65(100)89-59(36-110)72(107)84-53(26-42-20-22-46(93)23-21-42)66(101)85-55(28-44-32-77-50-18-10-8-16-48(44)50)68(103)87-56(29-45-33-75-37-79-45)70(105)90-62(39(2)91)73(108)88-52(64(99)78-34-61(96)97)25-41-13-5-4-6-14-41/h4-10,13-18,20-23,31-33,37-39,51-59,62,76-77,91,93,109-110H,11-12,19,24-30,34-36,74H2,1-3H3,(H,75,79)(H,78,99)(H,80,106)(H,81,92)(H,82,102)(H,83,98)(H,84,107)(H,85,101)(H,86,104)(H,87,103)(H,88,108)(H,89,100)(H,90,105)(H,94,95)(H,96,97)/t38-,39+,51-,52-,53-,54-,55-,56-,57-,58-,59-,62-/m0/s1. The number of fused-ring (bicyclic) bond motifs is 2. The van der Waals surface area contributed by atoms with Gasteiger partial charge in [-0.3, -0.25) is 67.1 Å². The molecule has 0 aliphatic rings. The number of benzene rings is 4. The summed E-state index contributed by atoms with van der Waals surface area (Å²) in [5.41, 5.74) is 9.31. The van der Waals surface area contributed by atoms with Gasteiger partial charge in [0, 0.05) is 96.6 Å². The van der Waals surface area contributed by atoms with Gasteiger partial charge in [-0.15, -0.1) is 0 Å². The lowest BCUT2D eigenvalue weighted by Gasteiger charge is -2.28. The number of carbonyl (C=O) groups is 14. The zero-order valence-electron chi connectivity index (χ0n) is 60.2. The van der Waals surface area contributed by atoms with Crippen LogP contribution in [0.1, 0.15) is 74.4 Å². The molecule has 0 aliphatic heterocycles. The number of aromatic hydroxyl groups is 1. The van der Waals surface area contributed by atoms with Crippen LogP contribution in [0.15, 0.2) is 128 Å². The number of phenolic OH excluding ortho intramolecular Hbond substituents is 1. The highest BCUT2D eigenvalue weighted by Crippen LogP contribution is 2.22. The molecule has 0 saturated carbocycles. The summed E-state index contributed by atoms with van der Waals surface area (Å²) in [6.07, 6.45) is 2.15. The average Bonchev–Trinajstić information content (AvgIpc) is 1.63. The molecule has 588 valence electrons. The number of hydrogen-bond donors (Lipinski definition) is 22. The fourth-order valence-corrected chi connectivity index (χ4v) is 12.2. The second-order valence-corrected chi connectivity index (χ2v) is 26.8. The number of unbranched alkanes of at least 4 members (excludes halogenated alkanes) is 1. The van der Waals surface area contributed by atoms with Gasteiger partial charge in [0.25, 0.3) is 0 Å². The summed E-state index contributed by atoms with van der Waals surface area (Å²) >= 11 is 8.49. The monoisotopic (exact) mass is 1560 g/mol. The molecule has 12 amide bonds. The Kier molecular flexibility index (Phi) is 32.7. The van der Waals surface area contributed by atoms with Crippen molar-refractivity contribution in [1.29, 1.82) is 0 Å². The summed E-state index contributed by atoms with van der Waals surface area (Å²) < 4.78 is 0. The number of aliphatic hydroxyl groups is 1. The molecular formula is C73H91N17O18S2. The number of para-hydroxylation sites is 2. The fraction of sp³-hybridized carbons (Fsp3) is 0.384. The number of carboxylic acid groups (broad SMARTS) is 2.